The summed E-state index contributed by atoms with van der Waals surface area (Å²) in [6.45, 7) is 5.24. The lowest BCUT2D eigenvalue weighted by atomic mass is 9.81. The fourth-order valence-corrected chi connectivity index (χ4v) is 2.16. The monoisotopic (exact) mass is 260 g/mol. The first-order chi connectivity index (χ1) is 8.05. The van der Waals surface area contributed by atoms with Crippen molar-refractivity contribution in [2.45, 2.75) is 39.5 Å². The van der Waals surface area contributed by atoms with Crippen LogP contribution in [0.4, 0.5) is 0 Å². The highest BCUT2D eigenvalue weighted by Gasteiger charge is 2.37. The Hall–Kier alpha value is -0.680. The molecule has 0 unspecified atom stereocenters. The second kappa shape index (κ2) is 8.42. The highest BCUT2D eigenvalue weighted by atomic mass is 32.1. The number of carbonyl (C=O) groups is 1. The normalized spacial score (nSPS) is 11.2. The molecule has 100 valence electrons. The van der Waals surface area contributed by atoms with Gasteiger partial charge in [-0.05, 0) is 25.7 Å². The van der Waals surface area contributed by atoms with Crippen molar-refractivity contribution in [1.82, 2.24) is 5.32 Å². The van der Waals surface area contributed by atoms with E-state index in [1.54, 1.807) is 7.11 Å². The summed E-state index contributed by atoms with van der Waals surface area (Å²) < 4.78 is 4.94. The van der Waals surface area contributed by atoms with Gasteiger partial charge in [0.05, 0.1) is 10.4 Å². The van der Waals surface area contributed by atoms with Crippen LogP contribution < -0.4 is 11.1 Å². The van der Waals surface area contributed by atoms with Crippen LogP contribution in [-0.2, 0) is 9.53 Å². The fourth-order valence-electron chi connectivity index (χ4n) is 1.77. The van der Waals surface area contributed by atoms with E-state index in [-0.39, 0.29) is 10.9 Å². The van der Waals surface area contributed by atoms with Gasteiger partial charge in [-0.3, -0.25) is 4.79 Å². The largest absolute Gasteiger partial charge is 0.392 e. The molecule has 0 aliphatic carbocycles. The van der Waals surface area contributed by atoms with Crippen LogP contribution in [0.2, 0.25) is 0 Å². The first kappa shape index (κ1) is 16.3. The molecule has 0 fully saturated rings. The van der Waals surface area contributed by atoms with E-state index in [1.807, 2.05) is 13.8 Å². The average molecular weight is 260 g/mol. The second-order valence-corrected chi connectivity index (χ2v) is 4.55. The molecule has 1 amide bonds. The Morgan fingerprint density at radius 1 is 1.35 bits per heavy atom. The lowest BCUT2D eigenvalue weighted by Gasteiger charge is -2.28. The standard InChI is InChI=1S/C12H24N2O2S/c1-4-12(5-2,10(13)17)11(15)14-8-6-7-9-16-3/h4-9H2,1-3H3,(H2,13,17)(H,14,15). The summed E-state index contributed by atoms with van der Waals surface area (Å²) in [6, 6.07) is 0. The van der Waals surface area contributed by atoms with Gasteiger partial charge < -0.3 is 15.8 Å². The molecule has 3 N–H and O–H groups in total. The van der Waals surface area contributed by atoms with E-state index in [1.165, 1.54) is 0 Å². The highest BCUT2D eigenvalue weighted by Crippen LogP contribution is 2.27. The van der Waals surface area contributed by atoms with Gasteiger partial charge in [-0.2, -0.15) is 0 Å². The van der Waals surface area contributed by atoms with E-state index in [0.717, 1.165) is 19.4 Å². The number of nitrogens with two attached hydrogens (primary N) is 1. The molecule has 0 heterocycles. The number of hydrogen-bond donors (Lipinski definition) is 2. The Morgan fingerprint density at radius 3 is 2.35 bits per heavy atom. The van der Waals surface area contributed by atoms with Gasteiger partial charge in [0.1, 0.15) is 0 Å². The lowest BCUT2D eigenvalue weighted by molar-refractivity contribution is -0.127. The van der Waals surface area contributed by atoms with Gasteiger partial charge in [0.15, 0.2) is 0 Å². The molecule has 0 spiro atoms. The number of amides is 1. The number of ether oxygens (including phenoxy) is 1. The van der Waals surface area contributed by atoms with Crippen LogP contribution in [0.25, 0.3) is 0 Å². The third kappa shape index (κ3) is 4.60. The molecule has 0 aliphatic heterocycles. The maximum atomic E-state index is 12.1. The molecule has 0 aromatic rings. The van der Waals surface area contributed by atoms with Gasteiger partial charge >= 0.3 is 0 Å². The number of unbranched alkanes of at least 4 members (excludes halogenated alkanes) is 1. The zero-order valence-corrected chi connectivity index (χ0v) is 11.9. The van der Waals surface area contributed by atoms with Crippen LogP contribution in [0.15, 0.2) is 0 Å². The van der Waals surface area contributed by atoms with Crippen LogP contribution in [-0.4, -0.2) is 31.2 Å². The predicted molar refractivity (Wildman–Crippen MR) is 73.9 cm³/mol. The maximum Gasteiger partial charge on any atom is 0.233 e. The molecule has 0 radical (unpaired) electrons. The van der Waals surface area contributed by atoms with Crippen LogP contribution in [0.1, 0.15) is 39.5 Å². The van der Waals surface area contributed by atoms with E-state index in [0.29, 0.717) is 19.4 Å². The Bertz CT molecular complexity index is 253. The summed E-state index contributed by atoms with van der Waals surface area (Å²) in [5.41, 5.74) is 5.01. The van der Waals surface area contributed by atoms with Crippen LogP contribution in [0.5, 0.6) is 0 Å². The topological polar surface area (TPSA) is 64.3 Å². The minimum atomic E-state index is -0.684. The van der Waals surface area contributed by atoms with Gasteiger partial charge in [0.25, 0.3) is 0 Å². The molecule has 0 bridgehead atoms. The van der Waals surface area contributed by atoms with Crippen molar-refractivity contribution in [3.63, 3.8) is 0 Å². The maximum absolute atomic E-state index is 12.1. The third-order valence-electron chi connectivity index (χ3n) is 3.17. The Balaban J connectivity index is 4.21. The SMILES string of the molecule is CCC(CC)(C(=O)NCCCCOC)C(N)=S. The molecule has 0 saturated carbocycles. The van der Waals surface area contributed by atoms with Crippen LogP contribution in [0, 0.1) is 5.41 Å². The van der Waals surface area contributed by atoms with Gasteiger partial charge in [-0.25, -0.2) is 0 Å². The molecule has 17 heavy (non-hydrogen) atoms. The van der Waals surface area contributed by atoms with Crippen molar-refractivity contribution >= 4 is 23.1 Å². The summed E-state index contributed by atoms with van der Waals surface area (Å²) in [7, 11) is 1.67. The van der Waals surface area contributed by atoms with Crippen molar-refractivity contribution < 1.29 is 9.53 Å². The van der Waals surface area contributed by atoms with Gasteiger partial charge in [-0.15, -0.1) is 0 Å². The van der Waals surface area contributed by atoms with Crippen molar-refractivity contribution in [2.75, 3.05) is 20.3 Å². The number of thiocarbonyl (C=S) groups is 1. The van der Waals surface area contributed by atoms with E-state index in [2.05, 4.69) is 5.32 Å². The molecule has 5 heteroatoms. The number of methoxy groups -OCH3 is 1. The van der Waals surface area contributed by atoms with Crippen molar-refractivity contribution in [2.24, 2.45) is 11.1 Å². The van der Waals surface area contributed by atoms with E-state index in [4.69, 9.17) is 22.7 Å². The molecule has 0 atom stereocenters. The molecule has 0 saturated heterocycles. The average Bonchev–Trinajstić information content (AvgIpc) is 2.30. The van der Waals surface area contributed by atoms with Gasteiger partial charge in [0.2, 0.25) is 5.91 Å². The molecule has 0 aromatic carbocycles. The summed E-state index contributed by atoms with van der Waals surface area (Å²) >= 11 is 5.02. The molecule has 0 rings (SSSR count). The van der Waals surface area contributed by atoms with Crippen LogP contribution >= 0.6 is 12.2 Å². The third-order valence-corrected chi connectivity index (χ3v) is 3.56. The second-order valence-electron chi connectivity index (χ2n) is 4.11. The summed E-state index contributed by atoms with van der Waals surface area (Å²) in [6.07, 6.45) is 3.13. The molecular weight excluding hydrogens is 236 g/mol. The summed E-state index contributed by atoms with van der Waals surface area (Å²) in [5.74, 6) is -0.0487. The molecule has 4 nitrogen and oxygen atoms in total. The smallest absolute Gasteiger partial charge is 0.233 e. The number of carbonyl (C=O) groups excluding carboxylic acids is 1. The number of nitrogens with one attached hydrogen (secondary N) is 1. The Labute approximate surface area is 109 Å². The fraction of sp³-hybridized carbons (Fsp3) is 0.833. The molecule has 0 aliphatic rings. The molecular formula is C12H24N2O2S. The highest BCUT2D eigenvalue weighted by molar-refractivity contribution is 7.80. The van der Waals surface area contributed by atoms with Crippen molar-refractivity contribution in [3.8, 4) is 0 Å². The van der Waals surface area contributed by atoms with E-state index >= 15 is 0 Å². The van der Waals surface area contributed by atoms with Crippen LogP contribution in [0.3, 0.4) is 0 Å². The minimum absolute atomic E-state index is 0.0487. The minimum Gasteiger partial charge on any atom is -0.392 e. The first-order valence-electron chi connectivity index (χ1n) is 6.12. The Morgan fingerprint density at radius 2 is 1.94 bits per heavy atom. The van der Waals surface area contributed by atoms with Crippen molar-refractivity contribution in [3.05, 3.63) is 0 Å². The number of rotatable bonds is 9. The van der Waals surface area contributed by atoms with Crippen molar-refractivity contribution in [1.29, 1.82) is 0 Å². The van der Waals surface area contributed by atoms with Gasteiger partial charge in [-0.1, -0.05) is 26.1 Å². The zero-order chi connectivity index (χ0) is 13.3. The summed E-state index contributed by atoms with van der Waals surface area (Å²) in [5, 5.41) is 2.90. The summed E-state index contributed by atoms with van der Waals surface area (Å²) in [4.78, 5) is 12.4. The quantitative estimate of drug-likeness (QED) is 0.488. The van der Waals surface area contributed by atoms with E-state index < -0.39 is 5.41 Å². The predicted octanol–water partition coefficient (Wildman–Crippen LogP) is 1.62. The van der Waals surface area contributed by atoms with Gasteiger partial charge in [0, 0.05) is 20.3 Å². The lowest BCUT2D eigenvalue weighted by Crippen LogP contribution is -2.48. The molecule has 0 aromatic heterocycles. The first-order valence-corrected chi connectivity index (χ1v) is 6.53. The van der Waals surface area contributed by atoms with E-state index in [9.17, 15) is 4.79 Å². The zero-order valence-electron chi connectivity index (χ0n) is 11.0. The number of hydrogen-bond acceptors (Lipinski definition) is 3. The Kier molecular flexibility index (Phi) is 8.08.